The van der Waals surface area contributed by atoms with E-state index in [9.17, 15) is 18.0 Å². The topological polar surface area (TPSA) is 38.8 Å². The number of hydrogen-bond acceptors (Lipinski definition) is 4. The van der Waals surface area contributed by atoms with E-state index in [1.165, 1.54) is 17.0 Å². The Kier molecular flexibility index (Phi) is 9.51. The fourth-order valence-corrected chi connectivity index (χ4v) is 3.99. The van der Waals surface area contributed by atoms with Gasteiger partial charge in [0.15, 0.2) is 5.75 Å². The van der Waals surface area contributed by atoms with Gasteiger partial charge in [-0.15, -0.1) is 0 Å². The molecule has 3 aromatic rings. The zero-order valence-corrected chi connectivity index (χ0v) is 21.9. The lowest BCUT2D eigenvalue weighted by Crippen LogP contribution is -2.24. The van der Waals surface area contributed by atoms with Crippen LogP contribution in [0.4, 0.5) is 24.5 Å². The molecule has 0 aromatic heterocycles. The molecule has 37 heavy (non-hydrogen) atoms. The highest BCUT2D eigenvalue weighted by atomic mass is 35.5. The number of esters is 1. The molecule has 0 saturated carbocycles. The molecule has 0 aliphatic heterocycles. The van der Waals surface area contributed by atoms with Gasteiger partial charge in [0.2, 0.25) is 0 Å². The highest BCUT2D eigenvalue weighted by molar-refractivity contribution is 6.31. The number of carbonyl (C=O) groups excluding carboxylic acids is 1. The molecular weight excluding hydrogens is 526 g/mol. The van der Waals surface area contributed by atoms with Crippen molar-refractivity contribution in [2.24, 2.45) is 0 Å². The van der Waals surface area contributed by atoms with Gasteiger partial charge >= 0.3 is 12.1 Å². The van der Waals surface area contributed by atoms with E-state index < -0.39 is 22.7 Å². The Morgan fingerprint density at radius 1 is 1.00 bits per heavy atom. The number of ether oxygens (including phenoxy) is 2. The monoisotopic (exact) mass is 551 g/mol. The molecule has 0 fully saturated rings. The lowest BCUT2D eigenvalue weighted by atomic mass is 10.1. The molecule has 196 valence electrons. The Bertz CT molecular complexity index is 1260. The minimum absolute atomic E-state index is 0.0117. The fraction of sp³-hybridized carbons (Fsp3) is 0.250. The fourth-order valence-electron chi connectivity index (χ4n) is 3.61. The summed E-state index contributed by atoms with van der Waals surface area (Å²) in [6, 6.07) is 15.4. The highest BCUT2D eigenvalue weighted by Gasteiger charge is 2.34. The molecule has 0 aliphatic rings. The van der Waals surface area contributed by atoms with Gasteiger partial charge in [-0.1, -0.05) is 55.3 Å². The SMILES string of the molecule is C=C(C(=O)OCC)N(c1ccc(CCCC)cc1)c1ccc(Cl)cc1Oc1ccc(Cl)c(C(F)(F)F)c1. The third kappa shape index (κ3) is 7.21. The van der Waals surface area contributed by atoms with Crippen molar-refractivity contribution in [2.45, 2.75) is 39.3 Å². The second kappa shape index (κ2) is 12.4. The zero-order chi connectivity index (χ0) is 27.2. The van der Waals surface area contributed by atoms with Crippen LogP contribution in [0.25, 0.3) is 0 Å². The third-order valence-electron chi connectivity index (χ3n) is 5.43. The largest absolute Gasteiger partial charge is 0.461 e. The van der Waals surface area contributed by atoms with Gasteiger partial charge in [0.1, 0.15) is 11.4 Å². The number of nitrogens with zero attached hydrogens (tertiary/aromatic N) is 1. The number of halogens is 5. The van der Waals surface area contributed by atoms with Crippen molar-refractivity contribution in [1.29, 1.82) is 0 Å². The first kappa shape index (κ1) is 28.4. The molecule has 0 heterocycles. The van der Waals surface area contributed by atoms with Gasteiger partial charge < -0.3 is 14.4 Å². The molecule has 0 bridgehead atoms. The molecule has 0 spiro atoms. The predicted octanol–water partition coefficient (Wildman–Crippen LogP) is 9.36. The maximum atomic E-state index is 13.4. The summed E-state index contributed by atoms with van der Waals surface area (Å²) in [6.45, 7) is 7.84. The maximum Gasteiger partial charge on any atom is 0.417 e. The van der Waals surface area contributed by atoms with E-state index in [1.807, 2.05) is 24.3 Å². The molecule has 0 N–H and O–H groups in total. The first-order valence-corrected chi connectivity index (χ1v) is 12.4. The first-order chi connectivity index (χ1) is 17.5. The molecule has 0 amide bonds. The van der Waals surface area contributed by atoms with Gasteiger partial charge in [-0.3, -0.25) is 0 Å². The van der Waals surface area contributed by atoms with E-state index >= 15 is 0 Å². The van der Waals surface area contributed by atoms with Crippen LogP contribution in [0, 0.1) is 0 Å². The van der Waals surface area contributed by atoms with Gasteiger partial charge in [0.05, 0.1) is 22.9 Å². The quantitative estimate of drug-likeness (QED) is 0.186. The van der Waals surface area contributed by atoms with Crippen LogP contribution in [-0.4, -0.2) is 12.6 Å². The van der Waals surface area contributed by atoms with Crippen LogP contribution in [0.3, 0.4) is 0 Å². The van der Waals surface area contributed by atoms with Crippen molar-refractivity contribution in [2.75, 3.05) is 11.5 Å². The summed E-state index contributed by atoms with van der Waals surface area (Å²) < 4.78 is 51.3. The maximum absolute atomic E-state index is 13.4. The van der Waals surface area contributed by atoms with Gasteiger partial charge in [-0.05, 0) is 67.8 Å². The highest BCUT2D eigenvalue weighted by Crippen LogP contribution is 2.42. The summed E-state index contributed by atoms with van der Waals surface area (Å²) in [7, 11) is 0. The second-order valence-electron chi connectivity index (χ2n) is 8.13. The molecule has 0 saturated heterocycles. The number of unbranched alkanes of at least 4 members (excludes halogenated alkanes) is 1. The standard InChI is InChI=1S/C28H26Cl2F3NO3/c1-4-6-7-19-8-11-21(12-9-19)34(18(3)27(35)36-5-2)25-15-10-20(29)16-26(25)37-22-13-14-24(30)23(17-22)28(31,32)33/h8-17H,3-7H2,1-2H3. The Morgan fingerprint density at radius 3 is 2.32 bits per heavy atom. The molecule has 0 unspecified atom stereocenters. The molecule has 0 atom stereocenters. The molecular formula is C28H26Cl2F3NO3. The second-order valence-corrected chi connectivity index (χ2v) is 8.97. The summed E-state index contributed by atoms with van der Waals surface area (Å²) in [4.78, 5) is 14.2. The van der Waals surface area contributed by atoms with Crippen LogP contribution in [0.5, 0.6) is 11.5 Å². The van der Waals surface area contributed by atoms with Crippen molar-refractivity contribution in [3.8, 4) is 11.5 Å². The van der Waals surface area contributed by atoms with E-state index in [0.717, 1.165) is 37.0 Å². The Morgan fingerprint density at radius 2 is 1.70 bits per heavy atom. The summed E-state index contributed by atoms with van der Waals surface area (Å²) in [5.74, 6) is -0.676. The number of carbonyl (C=O) groups is 1. The third-order valence-corrected chi connectivity index (χ3v) is 5.99. The zero-order valence-electron chi connectivity index (χ0n) is 20.4. The average Bonchev–Trinajstić information content (AvgIpc) is 2.85. The van der Waals surface area contributed by atoms with E-state index in [4.69, 9.17) is 32.7 Å². The minimum Gasteiger partial charge on any atom is -0.461 e. The smallest absolute Gasteiger partial charge is 0.417 e. The van der Waals surface area contributed by atoms with Gasteiger partial charge in [-0.2, -0.15) is 13.2 Å². The van der Waals surface area contributed by atoms with Gasteiger partial charge in [0.25, 0.3) is 0 Å². The van der Waals surface area contributed by atoms with Crippen LogP contribution in [0.2, 0.25) is 10.0 Å². The first-order valence-electron chi connectivity index (χ1n) is 11.6. The van der Waals surface area contributed by atoms with Crippen LogP contribution in [-0.2, 0) is 22.1 Å². The molecule has 0 aliphatic carbocycles. The number of rotatable bonds is 10. The molecule has 4 nitrogen and oxygen atoms in total. The van der Waals surface area contributed by atoms with E-state index in [2.05, 4.69) is 13.5 Å². The van der Waals surface area contributed by atoms with Crippen LogP contribution < -0.4 is 9.64 Å². The molecule has 3 aromatic carbocycles. The summed E-state index contributed by atoms with van der Waals surface area (Å²) in [5.41, 5.74) is 0.985. The minimum atomic E-state index is -4.67. The molecule has 0 radical (unpaired) electrons. The summed E-state index contributed by atoms with van der Waals surface area (Å²) >= 11 is 12.0. The van der Waals surface area contributed by atoms with Crippen molar-refractivity contribution in [3.05, 3.63) is 94.1 Å². The van der Waals surface area contributed by atoms with Crippen LogP contribution >= 0.6 is 23.2 Å². The molecule has 9 heteroatoms. The normalized spacial score (nSPS) is 11.2. The number of alkyl halides is 3. The number of hydrogen-bond donors (Lipinski definition) is 0. The molecule has 3 rings (SSSR count). The Balaban J connectivity index is 2.09. The van der Waals surface area contributed by atoms with E-state index in [-0.39, 0.29) is 28.8 Å². The lowest BCUT2D eigenvalue weighted by molar-refractivity contribution is -0.139. The lowest BCUT2D eigenvalue weighted by Gasteiger charge is -2.28. The summed E-state index contributed by atoms with van der Waals surface area (Å²) in [5, 5.41) is -0.174. The van der Waals surface area contributed by atoms with Crippen molar-refractivity contribution in [3.63, 3.8) is 0 Å². The number of anilines is 2. The van der Waals surface area contributed by atoms with Crippen molar-refractivity contribution >= 4 is 40.5 Å². The van der Waals surface area contributed by atoms with E-state index in [1.54, 1.807) is 19.1 Å². The van der Waals surface area contributed by atoms with Crippen LogP contribution in [0.15, 0.2) is 72.9 Å². The Hall–Kier alpha value is -3.16. The van der Waals surface area contributed by atoms with Crippen LogP contribution in [0.1, 0.15) is 37.8 Å². The average molecular weight is 552 g/mol. The Labute approximate surface area is 224 Å². The van der Waals surface area contributed by atoms with Gasteiger partial charge in [0, 0.05) is 16.8 Å². The summed E-state index contributed by atoms with van der Waals surface area (Å²) in [6.07, 6.45) is -1.67. The van der Waals surface area contributed by atoms with Crippen molar-refractivity contribution < 1.29 is 27.4 Å². The van der Waals surface area contributed by atoms with Gasteiger partial charge in [-0.25, -0.2) is 4.79 Å². The van der Waals surface area contributed by atoms with Crippen molar-refractivity contribution in [1.82, 2.24) is 0 Å². The predicted molar refractivity (Wildman–Crippen MR) is 141 cm³/mol. The van der Waals surface area contributed by atoms with E-state index in [0.29, 0.717) is 11.4 Å². The number of aryl methyl sites for hydroxylation is 1. The number of benzene rings is 3.